The Hall–Kier alpha value is -1.14. The molecular formula is C17H23Cl2N3OS. The van der Waals surface area contributed by atoms with Crippen LogP contribution in [0.5, 0.6) is 0 Å². The number of halogens is 2. The molecule has 3 rings (SSSR count). The van der Waals surface area contributed by atoms with Crippen molar-refractivity contribution >= 4 is 42.1 Å². The number of thiazole rings is 1. The molecule has 1 aliphatic rings. The predicted molar refractivity (Wildman–Crippen MR) is 104 cm³/mol. The first kappa shape index (κ1) is 20.9. The molecule has 2 aromatic rings. The van der Waals surface area contributed by atoms with Gasteiger partial charge in [-0.25, -0.2) is 4.98 Å². The van der Waals surface area contributed by atoms with Gasteiger partial charge in [0.15, 0.2) is 0 Å². The molecule has 24 heavy (non-hydrogen) atoms. The van der Waals surface area contributed by atoms with Crippen molar-refractivity contribution in [1.29, 1.82) is 0 Å². The molecule has 0 spiro atoms. The van der Waals surface area contributed by atoms with Crippen LogP contribution in [0.3, 0.4) is 0 Å². The molecule has 0 bridgehead atoms. The zero-order valence-electron chi connectivity index (χ0n) is 13.6. The second-order valence-corrected chi connectivity index (χ2v) is 6.65. The lowest BCUT2D eigenvalue weighted by molar-refractivity contribution is -0.133. The number of hydrogen-bond donors (Lipinski definition) is 1. The van der Waals surface area contributed by atoms with Gasteiger partial charge in [0.2, 0.25) is 5.91 Å². The Balaban J connectivity index is 0.00000144. The van der Waals surface area contributed by atoms with Gasteiger partial charge in [0, 0.05) is 37.5 Å². The number of piperazine rings is 1. The van der Waals surface area contributed by atoms with E-state index >= 15 is 0 Å². The van der Waals surface area contributed by atoms with Crippen molar-refractivity contribution in [3.63, 3.8) is 0 Å². The maximum atomic E-state index is 12.4. The number of amides is 1. The summed E-state index contributed by atoms with van der Waals surface area (Å²) < 4.78 is 0. The number of hydrogen-bond acceptors (Lipinski definition) is 4. The Kier molecular flexibility index (Phi) is 8.70. The first-order valence-corrected chi connectivity index (χ1v) is 8.58. The third kappa shape index (κ3) is 5.45. The van der Waals surface area contributed by atoms with Gasteiger partial charge in [-0.15, -0.1) is 36.2 Å². The average molecular weight is 388 g/mol. The monoisotopic (exact) mass is 387 g/mol. The second-order valence-electron chi connectivity index (χ2n) is 5.71. The number of benzene rings is 1. The summed E-state index contributed by atoms with van der Waals surface area (Å²) in [6, 6.07) is 10.6. The molecule has 1 fully saturated rings. The van der Waals surface area contributed by atoms with Gasteiger partial charge in [-0.3, -0.25) is 4.79 Å². The molecule has 7 heteroatoms. The highest BCUT2D eigenvalue weighted by molar-refractivity contribution is 7.09. The van der Waals surface area contributed by atoms with Crippen LogP contribution in [0.4, 0.5) is 0 Å². The molecule has 1 N–H and O–H groups in total. The molecule has 0 aliphatic carbocycles. The minimum Gasteiger partial charge on any atom is -0.337 e. The number of aromatic nitrogens is 1. The molecule has 1 unspecified atom stereocenters. The fraction of sp³-hybridized carbons (Fsp3) is 0.412. The Labute approximate surface area is 159 Å². The van der Waals surface area contributed by atoms with Gasteiger partial charge in [-0.05, 0) is 12.5 Å². The van der Waals surface area contributed by atoms with Crippen LogP contribution < -0.4 is 5.32 Å². The van der Waals surface area contributed by atoms with E-state index in [0.717, 1.165) is 36.8 Å². The van der Waals surface area contributed by atoms with E-state index in [9.17, 15) is 4.79 Å². The van der Waals surface area contributed by atoms with E-state index in [1.54, 1.807) is 11.3 Å². The quantitative estimate of drug-likeness (QED) is 0.876. The molecule has 1 aromatic heterocycles. The number of rotatable bonds is 4. The highest BCUT2D eigenvalue weighted by atomic mass is 35.5. The second kappa shape index (κ2) is 9.99. The molecule has 1 aromatic carbocycles. The maximum absolute atomic E-state index is 12.4. The van der Waals surface area contributed by atoms with Crippen molar-refractivity contribution in [2.24, 2.45) is 0 Å². The SMILES string of the molecule is CC1CNCCN1C(=O)Cc1csc(Cc2ccccc2)n1.Cl.Cl. The predicted octanol–water partition coefficient (Wildman–Crippen LogP) is 2.94. The van der Waals surface area contributed by atoms with Crippen LogP contribution in [0.15, 0.2) is 35.7 Å². The fourth-order valence-corrected chi connectivity index (χ4v) is 3.58. The molecule has 132 valence electrons. The van der Waals surface area contributed by atoms with Gasteiger partial charge in [0.25, 0.3) is 0 Å². The Morgan fingerprint density at radius 1 is 1.33 bits per heavy atom. The van der Waals surface area contributed by atoms with Gasteiger partial charge in [-0.2, -0.15) is 0 Å². The van der Waals surface area contributed by atoms with E-state index in [2.05, 4.69) is 29.4 Å². The standard InChI is InChI=1S/C17H21N3OS.2ClH/c1-13-11-18-7-8-20(13)17(21)10-15-12-22-16(19-15)9-14-5-3-2-4-6-14;;/h2-6,12-13,18H,7-11H2,1H3;2*1H. The van der Waals surface area contributed by atoms with Crippen LogP contribution in [-0.4, -0.2) is 41.5 Å². The molecule has 1 atom stereocenters. The highest BCUT2D eigenvalue weighted by Gasteiger charge is 2.23. The van der Waals surface area contributed by atoms with Crippen LogP contribution in [0.2, 0.25) is 0 Å². The van der Waals surface area contributed by atoms with Gasteiger partial charge in [0.05, 0.1) is 17.1 Å². The van der Waals surface area contributed by atoms with Crippen molar-refractivity contribution in [1.82, 2.24) is 15.2 Å². The smallest absolute Gasteiger partial charge is 0.228 e. The average Bonchev–Trinajstić information content (AvgIpc) is 2.95. The molecule has 1 amide bonds. The topological polar surface area (TPSA) is 45.2 Å². The maximum Gasteiger partial charge on any atom is 0.228 e. The number of nitrogens with one attached hydrogen (secondary N) is 1. The van der Waals surface area contributed by atoms with Crippen molar-refractivity contribution in [3.05, 3.63) is 52.0 Å². The van der Waals surface area contributed by atoms with Gasteiger partial charge in [0.1, 0.15) is 0 Å². The molecule has 2 heterocycles. The van der Waals surface area contributed by atoms with Crippen LogP contribution in [0.25, 0.3) is 0 Å². The molecule has 1 saturated heterocycles. The zero-order valence-corrected chi connectivity index (χ0v) is 16.1. The normalized spacial score (nSPS) is 16.9. The lowest BCUT2D eigenvalue weighted by Crippen LogP contribution is -2.52. The minimum atomic E-state index is 0. The molecule has 0 saturated carbocycles. The Bertz CT molecular complexity index is 636. The van der Waals surface area contributed by atoms with E-state index < -0.39 is 0 Å². The lowest BCUT2D eigenvalue weighted by atomic mass is 10.1. The van der Waals surface area contributed by atoms with Crippen LogP contribution in [-0.2, 0) is 17.6 Å². The van der Waals surface area contributed by atoms with Crippen molar-refractivity contribution < 1.29 is 4.79 Å². The molecular weight excluding hydrogens is 365 g/mol. The first-order valence-electron chi connectivity index (χ1n) is 7.70. The number of carbonyl (C=O) groups excluding carboxylic acids is 1. The molecule has 0 radical (unpaired) electrons. The Morgan fingerprint density at radius 3 is 2.79 bits per heavy atom. The van der Waals surface area contributed by atoms with Crippen molar-refractivity contribution in [3.8, 4) is 0 Å². The van der Waals surface area contributed by atoms with Crippen molar-refractivity contribution in [2.45, 2.75) is 25.8 Å². The van der Waals surface area contributed by atoms with E-state index in [0.29, 0.717) is 6.42 Å². The Morgan fingerprint density at radius 2 is 2.08 bits per heavy atom. The summed E-state index contributed by atoms with van der Waals surface area (Å²) in [5, 5.41) is 6.40. The zero-order chi connectivity index (χ0) is 15.4. The summed E-state index contributed by atoms with van der Waals surface area (Å²) in [6.45, 7) is 4.64. The summed E-state index contributed by atoms with van der Waals surface area (Å²) in [5.74, 6) is 0.186. The van der Waals surface area contributed by atoms with E-state index in [-0.39, 0.29) is 36.8 Å². The minimum absolute atomic E-state index is 0. The highest BCUT2D eigenvalue weighted by Crippen LogP contribution is 2.16. The molecule has 4 nitrogen and oxygen atoms in total. The number of nitrogens with zero attached hydrogens (tertiary/aromatic N) is 2. The summed E-state index contributed by atoms with van der Waals surface area (Å²) >= 11 is 1.64. The van der Waals surface area contributed by atoms with Crippen LogP contribution in [0, 0.1) is 0 Å². The third-order valence-corrected chi connectivity index (χ3v) is 4.85. The van der Waals surface area contributed by atoms with Gasteiger partial charge < -0.3 is 10.2 Å². The largest absolute Gasteiger partial charge is 0.337 e. The van der Waals surface area contributed by atoms with E-state index in [1.165, 1.54) is 5.56 Å². The fourth-order valence-electron chi connectivity index (χ4n) is 2.75. The summed E-state index contributed by atoms with van der Waals surface area (Å²) in [7, 11) is 0. The van der Waals surface area contributed by atoms with Crippen LogP contribution >= 0.6 is 36.2 Å². The first-order chi connectivity index (χ1) is 10.7. The van der Waals surface area contributed by atoms with Crippen molar-refractivity contribution in [2.75, 3.05) is 19.6 Å². The molecule has 1 aliphatic heterocycles. The summed E-state index contributed by atoms with van der Waals surface area (Å²) in [5.41, 5.74) is 2.15. The van der Waals surface area contributed by atoms with E-state index in [1.807, 2.05) is 28.5 Å². The number of carbonyl (C=O) groups is 1. The van der Waals surface area contributed by atoms with Crippen LogP contribution in [0.1, 0.15) is 23.2 Å². The van der Waals surface area contributed by atoms with Gasteiger partial charge in [-0.1, -0.05) is 30.3 Å². The summed E-state index contributed by atoms with van der Waals surface area (Å²) in [6.07, 6.45) is 1.25. The summed E-state index contributed by atoms with van der Waals surface area (Å²) in [4.78, 5) is 19.0. The lowest BCUT2D eigenvalue weighted by Gasteiger charge is -2.33. The van der Waals surface area contributed by atoms with E-state index in [4.69, 9.17) is 0 Å². The third-order valence-electron chi connectivity index (χ3n) is 3.95. The van der Waals surface area contributed by atoms with Gasteiger partial charge >= 0.3 is 0 Å².